The molecule has 2 amide bonds. The Kier molecular flexibility index (Phi) is 9.26. The number of carbonyl (C=O) groups excluding carboxylic acids is 1. The molecule has 180 valence electrons. The molecule has 1 saturated heterocycles. The highest BCUT2D eigenvalue weighted by Crippen LogP contribution is 2.34. The number of hydrogen-bond acceptors (Lipinski definition) is 5. The molecule has 8 heteroatoms. The van der Waals surface area contributed by atoms with Gasteiger partial charge in [-0.15, -0.1) is 0 Å². The van der Waals surface area contributed by atoms with Crippen LogP contribution in [0.1, 0.15) is 31.7 Å². The Morgan fingerprint density at radius 3 is 2.52 bits per heavy atom. The molecule has 0 bridgehead atoms. The maximum atomic E-state index is 13.5. The number of aliphatic hydroxyl groups is 1. The van der Waals surface area contributed by atoms with E-state index >= 15 is 0 Å². The molecule has 1 aliphatic heterocycles. The van der Waals surface area contributed by atoms with Gasteiger partial charge >= 0.3 is 6.03 Å². The van der Waals surface area contributed by atoms with Gasteiger partial charge in [0.1, 0.15) is 5.75 Å². The first-order chi connectivity index (χ1) is 16.0. The molecule has 1 aliphatic rings. The number of methoxy groups -OCH3 is 2. The lowest BCUT2D eigenvalue weighted by Crippen LogP contribution is -2.54. The summed E-state index contributed by atoms with van der Waals surface area (Å²) in [4.78, 5) is 16.9. The number of urea groups is 1. The molecule has 1 N–H and O–H groups in total. The highest BCUT2D eigenvalue weighted by atomic mass is 79.9. The van der Waals surface area contributed by atoms with E-state index in [1.54, 1.807) is 24.0 Å². The van der Waals surface area contributed by atoms with Crippen LogP contribution in [-0.4, -0.2) is 56.6 Å². The Morgan fingerprint density at radius 1 is 1.03 bits per heavy atom. The van der Waals surface area contributed by atoms with E-state index in [0.29, 0.717) is 43.5 Å². The van der Waals surface area contributed by atoms with Gasteiger partial charge in [-0.25, -0.2) is 4.79 Å². The topological polar surface area (TPSA) is 71.5 Å². The summed E-state index contributed by atoms with van der Waals surface area (Å²) in [6.07, 6.45) is 3.17. The molecule has 7 nitrogen and oxygen atoms in total. The molecule has 0 aromatic heterocycles. The molecule has 2 aromatic carbocycles. The summed E-state index contributed by atoms with van der Waals surface area (Å²) < 4.78 is 17.8. The zero-order chi connectivity index (χ0) is 23.8. The van der Waals surface area contributed by atoms with E-state index in [0.717, 1.165) is 35.0 Å². The molecule has 33 heavy (non-hydrogen) atoms. The van der Waals surface area contributed by atoms with E-state index in [1.807, 2.05) is 36.4 Å². The van der Waals surface area contributed by atoms with E-state index in [1.165, 1.54) is 0 Å². The minimum atomic E-state index is -0.119. The second-order valence-electron chi connectivity index (χ2n) is 8.17. The Bertz CT molecular complexity index is 939. The van der Waals surface area contributed by atoms with Crippen molar-refractivity contribution < 1.29 is 24.1 Å². The van der Waals surface area contributed by atoms with Gasteiger partial charge in [0.25, 0.3) is 0 Å². The van der Waals surface area contributed by atoms with Crippen LogP contribution < -0.4 is 19.1 Å². The first kappa shape index (κ1) is 25.2. The maximum absolute atomic E-state index is 13.5. The van der Waals surface area contributed by atoms with E-state index in [9.17, 15) is 9.90 Å². The summed E-state index contributed by atoms with van der Waals surface area (Å²) in [5.74, 6) is 1.89. The normalized spacial score (nSPS) is 16.2. The number of benzene rings is 2. The third-order valence-electron chi connectivity index (χ3n) is 5.75. The lowest BCUT2D eigenvalue weighted by Gasteiger charge is -2.40. The van der Waals surface area contributed by atoms with Crippen LogP contribution in [0.3, 0.4) is 0 Å². The largest absolute Gasteiger partial charge is 0.496 e. The van der Waals surface area contributed by atoms with E-state index < -0.39 is 0 Å². The van der Waals surface area contributed by atoms with Gasteiger partial charge in [-0.1, -0.05) is 41.8 Å². The number of hydrogen-bond donors (Lipinski definition) is 1. The quantitative estimate of drug-likeness (QED) is 0.418. The summed E-state index contributed by atoms with van der Waals surface area (Å²) in [7, 11) is 3.22. The minimum Gasteiger partial charge on any atom is -0.496 e. The average Bonchev–Trinajstić information content (AvgIpc) is 2.83. The number of aliphatic hydroxyl groups excluding tert-OH is 1. The monoisotopic (exact) mass is 520 g/mol. The zero-order valence-electron chi connectivity index (χ0n) is 19.6. The van der Waals surface area contributed by atoms with Gasteiger partial charge in [0.15, 0.2) is 11.5 Å². The number of rotatable bonds is 11. The van der Waals surface area contributed by atoms with Crippen molar-refractivity contribution >= 4 is 27.6 Å². The summed E-state index contributed by atoms with van der Waals surface area (Å²) in [6, 6.07) is 11.2. The van der Waals surface area contributed by atoms with Crippen LogP contribution >= 0.6 is 15.9 Å². The molecule has 3 rings (SSSR count). The Balaban J connectivity index is 1.84. The van der Waals surface area contributed by atoms with Gasteiger partial charge in [0.2, 0.25) is 0 Å². The molecule has 0 aliphatic carbocycles. The summed E-state index contributed by atoms with van der Waals surface area (Å²) in [5.41, 5.74) is 1.62. The Hall–Kier alpha value is -2.45. The van der Waals surface area contributed by atoms with Gasteiger partial charge in [-0.05, 0) is 30.7 Å². The molecule has 1 unspecified atom stereocenters. The third-order valence-corrected chi connectivity index (χ3v) is 6.25. The highest BCUT2D eigenvalue weighted by Gasteiger charge is 2.33. The summed E-state index contributed by atoms with van der Waals surface area (Å²) in [5, 5.41) is 9.93. The Morgan fingerprint density at radius 2 is 1.82 bits per heavy atom. The van der Waals surface area contributed by atoms with Crippen LogP contribution in [0.5, 0.6) is 17.2 Å². The number of carbonyl (C=O) groups is 1. The van der Waals surface area contributed by atoms with Crippen molar-refractivity contribution in [3.05, 3.63) is 46.4 Å². The van der Waals surface area contributed by atoms with Crippen molar-refractivity contribution in [2.24, 2.45) is 5.92 Å². The predicted molar refractivity (Wildman–Crippen MR) is 132 cm³/mol. The van der Waals surface area contributed by atoms with Crippen molar-refractivity contribution in [1.29, 1.82) is 0 Å². The number of anilines is 1. The van der Waals surface area contributed by atoms with Crippen molar-refractivity contribution in [1.82, 2.24) is 4.90 Å². The summed E-state index contributed by atoms with van der Waals surface area (Å²) >= 11 is 3.46. The van der Waals surface area contributed by atoms with Crippen LogP contribution in [0.15, 0.2) is 40.9 Å². The molecule has 1 atom stereocenters. The molecular formula is C25H33BrN2O5. The number of halogens is 1. The van der Waals surface area contributed by atoms with E-state index in [-0.39, 0.29) is 18.6 Å². The molecular weight excluding hydrogens is 488 g/mol. The maximum Gasteiger partial charge on any atom is 0.324 e. The number of amides is 2. The van der Waals surface area contributed by atoms with Gasteiger partial charge < -0.3 is 24.2 Å². The minimum absolute atomic E-state index is 0.00567. The van der Waals surface area contributed by atoms with Crippen LogP contribution in [0.4, 0.5) is 10.5 Å². The van der Waals surface area contributed by atoms with Crippen LogP contribution in [0, 0.1) is 5.92 Å². The fraction of sp³-hybridized carbons (Fsp3) is 0.480. The third kappa shape index (κ3) is 6.32. The lowest BCUT2D eigenvalue weighted by molar-refractivity contribution is 0.143. The second-order valence-corrected chi connectivity index (χ2v) is 9.08. The molecule has 1 fully saturated rings. The van der Waals surface area contributed by atoms with Gasteiger partial charge in [0.05, 0.1) is 27.4 Å². The predicted octanol–water partition coefficient (Wildman–Crippen LogP) is 5.09. The number of ether oxygens (including phenoxy) is 3. The van der Waals surface area contributed by atoms with Crippen LogP contribution in [0.2, 0.25) is 0 Å². The van der Waals surface area contributed by atoms with Gasteiger partial charge in [-0.3, -0.25) is 4.90 Å². The Labute approximate surface area is 204 Å². The SMILES string of the molecule is CCCCCOc1cc(N2CC(CO)CN(Cc3ccc(Br)cc3OC)C2=O)ccc1OC. The fourth-order valence-electron chi connectivity index (χ4n) is 3.95. The second kappa shape index (κ2) is 12.1. The van der Waals surface area contributed by atoms with Crippen molar-refractivity contribution in [3.63, 3.8) is 0 Å². The van der Waals surface area contributed by atoms with Crippen LogP contribution in [0.25, 0.3) is 0 Å². The van der Waals surface area contributed by atoms with Crippen molar-refractivity contribution in [2.45, 2.75) is 32.7 Å². The van der Waals surface area contributed by atoms with Crippen molar-refractivity contribution in [2.75, 3.05) is 45.4 Å². The van der Waals surface area contributed by atoms with E-state index in [2.05, 4.69) is 22.9 Å². The average molecular weight is 521 g/mol. The standard InChI is InChI=1S/C25H33BrN2O5/c1-4-5-6-11-33-24-13-21(9-10-22(24)31-2)28-15-18(17-29)14-27(25(28)30)16-19-7-8-20(26)12-23(19)32-3/h7-10,12-13,18,29H,4-6,11,14-17H2,1-3H3. The summed E-state index contributed by atoms with van der Waals surface area (Å²) in [6.45, 7) is 4.03. The number of unbranched alkanes of at least 4 members (excludes halogenated alkanes) is 2. The van der Waals surface area contributed by atoms with E-state index in [4.69, 9.17) is 14.2 Å². The first-order valence-corrected chi connectivity index (χ1v) is 12.1. The van der Waals surface area contributed by atoms with Crippen LogP contribution in [-0.2, 0) is 6.54 Å². The smallest absolute Gasteiger partial charge is 0.324 e. The highest BCUT2D eigenvalue weighted by molar-refractivity contribution is 9.10. The fourth-order valence-corrected chi connectivity index (χ4v) is 4.29. The number of nitrogens with zero attached hydrogens (tertiary/aromatic N) is 2. The van der Waals surface area contributed by atoms with Gasteiger partial charge in [-0.2, -0.15) is 0 Å². The molecule has 0 radical (unpaired) electrons. The molecule has 2 aromatic rings. The molecule has 0 saturated carbocycles. The first-order valence-electron chi connectivity index (χ1n) is 11.3. The van der Waals surface area contributed by atoms with Crippen molar-refractivity contribution in [3.8, 4) is 17.2 Å². The lowest BCUT2D eigenvalue weighted by atomic mass is 10.0. The van der Waals surface area contributed by atoms with Gasteiger partial charge in [0, 0.05) is 47.4 Å². The molecule has 1 heterocycles. The molecule has 0 spiro atoms. The zero-order valence-corrected chi connectivity index (χ0v) is 21.1.